The van der Waals surface area contributed by atoms with Gasteiger partial charge in [-0.25, -0.2) is 9.97 Å². The van der Waals surface area contributed by atoms with Crippen molar-refractivity contribution in [1.82, 2.24) is 19.9 Å². The third-order valence-corrected chi connectivity index (χ3v) is 21.1. The molecule has 0 saturated carbocycles. The van der Waals surface area contributed by atoms with Crippen LogP contribution in [0.25, 0.3) is 68.6 Å². The SMILES string of the molecule is CC(C)CCC[C@H](C)CCOc1cc(-c2c3nc(cc4ccc([nH]4)c(-c4cc(OCC[C@@H](C)CCCC(C)C)c(OCC[C@@H](C)CCCC(C)C)c(OCC[C@@H](C)CCCC(C)C)c4)c4nc(cc5ccc2[nH]5)C=C4)C=C3)cc(OCC[C@@H](C)CCCC(C)C)c1OCC[C@@H](C)CCCC(C)C. The number of rotatable bonds is 50. The lowest BCUT2D eigenvalue weighted by atomic mass is 9.97. The Bertz CT molecular complexity index is 3150. The fraction of sp³-hybridized carbons (Fsp3) is 0.652. The molecule has 3 aromatic heterocycles. The quantitative estimate of drug-likeness (QED) is 0.0388. The van der Waals surface area contributed by atoms with Gasteiger partial charge in [0.25, 0.3) is 0 Å². The average molecular weight is 1400 g/mol. The van der Waals surface area contributed by atoms with Crippen molar-refractivity contribution in [3.8, 4) is 56.8 Å². The molecule has 10 nitrogen and oxygen atoms in total. The molecule has 6 atom stereocenters. The summed E-state index contributed by atoms with van der Waals surface area (Å²) >= 11 is 0. The highest BCUT2D eigenvalue weighted by Gasteiger charge is 2.25. The summed E-state index contributed by atoms with van der Waals surface area (Å²) in [6.07, 6.45) is 36.3. The van der Waals surface area contributed by atoms with E-state index in [9.17, 15) is 0 Å². The molecule has 7 rings (SSSR count). The van der Waals surface area contributed by atoms with Gasteiger partial charge in [-0.1, -0.05) is 240 Å². The van der Waals surface area contributed by atoms with Gasteiger partial charge in [0.2, 0.25) is 11.5 Å². The molecule has 2 N–H and O–H groups in total. The van der Waals surface area contributed by atoms with E-state index in [2.05, 4.69) is 220 Å². The van der Waals surface area contributed by atoms with E-state index in [-0.39, 0.29) is 0 Å². The maximum atomic E-state index is 7.05. The number of hydrogen-bond donors (Lipinski definition) is 2. The van der Waals surface area contributed by atoms with Crippen molar-refractivity contribution in [3.05, 3.63) is 83.4 Å². The van der Waals surface area contributed by atoms with Gasteiger partial charge in [0, 0.05) is 33.2 Å². The van der Waals surface area contributed by atoms with Crippen molar-refractivity contribution < 1.29 is 28.4 Å². The van der Waals surface area contributed by atoms with Gasteiger partial charge >= 0.3 is 0 Å². The van der Waals surface area contributed by atoms with Crippen LogP contribution in [0.4, 0.5) is 0 Å². The lowest BCUT2D eigenvalue weighted by Crippen LogP contribution is -2.11. The third kappa shape index (κ3) is 29.4. The summed E-state index contributed by atoms with van der Waals surface area (Å²) in [5, 5.41) is 0. The van der Waals surface area contributed by atoms with Gasteiger partial charge in [-0.3, -0.25) is 0 Å². The highest BCUT2D eigenvalue weighted by Crippen LogP contribution is 2.47. The maximum Gasteiger partial charge on any atom is 0.203 e. The molecule has 2 aromatic carbocycles. The number of aromatic nitrogens is 4. The first kappa shape index (κ1) is 83.1. The predicted octanol–water partition coefficient (Wildman–Crippen LogP) is 27.4. The highest BCUT2D eigenvalue weighted by molar-refractivity contribution is 5.94. The van der Waals surface area contributed by atoms with Crippen molar-refractivity contribution >= 4 is 46.4 Å². The molecule has 566 valence electrons. The lowest BCUT2D eigenvalue weighted by molar-refractivity contribution is 0.216. The third-order valence-electron chi connectivity index (χ3n) is 21.1. The number of aromatic amines is 2. The zero-order valence-corrected chi connectivity index (χ0v) is 67.6. The normalized spacial score (nSPS) is 14.2. The van der Waals surface area contributed by atoms with E-state index < -0.39 is 0 Å². The number of nitrogens with one attached hydrogen (secondary N) is 2. The van der Waals surface area contributed by atoms with Gasteiger partial charge < -0.3 is 38.4 Å². The Morgan fingerprint density at radius 2 is 0.520 bits per heavy atom. The predicted molar refractivity (Wildman–Crippen MR) is 438 cm³/mol. The molecular weight excluding hydrogens is 1260 g/mol. The fourth-order valence-corrected chi connectivity index (χ4v) is 14.2. The zero-order valence-electron chi connectivity index (χ0n) is 67.6. The van der Waals surface area contributed by atoms with E-state index in [4.69, 9.17) is 38.4 Å². The Hall–Kier alpha value is -6.16. The standard InChI is InChI=1S/C92H142N4O6/c1-63(2)25-19-31-69(13)45-51-97-85-57-75(58-86(98-52-46-70(14)32-20-26-64(3)4)91(85)101-55-49-73(17)35-23-29-67(9)10)89-81-41-37-77(93-81)61-79-39-43-83(95-79)90(84-44-40-80(96-84)62-78-38-42-82(89)94-78)76-59-87(99-53-47-71(15)33-21-27-65(5)6)92(102-56-50-74(18)36-24-30-68(11)12)88(60-76)100-54-48-72(16)34-22-28-66(7)8/h37-44,57-74,93,96H,19-36,45-56H2,1-18H3/t69-,70-,71-,72-,73-,74-/m0/s1. The van der Waals surface area contributed by atoms with Gasteiger partial charge in [-0.15, -0.1) is 0 Å². The second-order valence-electron chi connectivity index (χ2n) is 34.2. The molecule has 0 radical (unpaired) electrons. The molecule has 0 aliphatic carbocycles. The average Bonchev–Trinajstić information content (AvgIpc) is 1.52. The van der Waals surface area contributed by atoms with Crippen LogP contribution in [0, 0.1) is 71.0 Å². The van der Waals surface area contributed by atoms with Gasteiger partial charge in [-0.05, 0) is 206 Å². The Morgan fingerprint density at radius 1 is 0.275 bits per heavy atom. The molecule has 0 amide bonds. The summed E-state index contributed by atoms with van der Waals surface area (Å²) in [6, 6.07) is 21.7. The van der Waals surface area contributed by atoms with Crippen molar-refractivity contribution in [2.75, 3.05) is 39.6 Å². The fourth-order valence-electron chi connectivity index (χ4n) is 14.2. The summed E-state index contributed by atoms with van der Waals surface area (Å²) in [5.41, 5.74) is 10.8. The van der Waals surface area contributed by atoms with Crippen molar-refractivity contribution in [2.45, 2.75) is 279 Å². The second kappa shape index (κ2) is 44.0. The Morgan fingerprint density at radius 3 is 0.765 bits per heavy atom. The molecule has 5 heterocycles. The number of hydrogen-bond acceptors (Lipinski definition) is 8. The monoisotopic (exact) mass is 1400 g/mol. The molecule has 10 heteroatoms. The van der Waals surface area contributed by atoms with E-state index in [1.54, 1.807) is 0 Å². The van der Waals surface area contributed by atoms with Crippen LogP contribution in [0.1, 0.15) is 302 Å². The number of benzene rings is 2. The van der Waals surface area contributed by atoms with Crippen molar-refractivity contribution in [1.29, 1.82) is 0 Å². The summed E-state index contributed by atoms with van der Waals surface area (Å²) < 4.78 is 42.2. The van der Waals surface area contributed by atoms with Gasteiger partial charge in [0.15, 0.2) is 23.0 Å². The van der Waals surface area contributed by atoms with E-state index >= 15 is 0 Å². The molecule has 0 spiro atoms. The van der Waals surface area contributed by atoms with E-state index in [1.807, 2.05) is 0 Å². The van der Waals surface area contributed by atoms with E-state index in [1.165, 1.54) is 116 Å². The number of fused-ring (bicyclic) bond motifs is 8. The minimum absolute atomic E-state index is 0.531. The van der Waals surface area contributed by atoms with Crippen LogP contribution in [0.3, 0.4) is 0 Å². The first-order valence-corrected chi connectivity index (χ1v) is 41.2. The van der Waals surface area contributed by atoms with Crippen LogP contribution in [0.5, 0.6) is 34.5 Å². The minimum Gasteiger partial charge on any atom is -0.490 e. The summed E-state index contributed by atoms with van der Waals surface area (Å²) in [4.78, 5) is 18.7. The Kier molecular flexibility index (Phi) is 35.8. The molecule has 0 saturated heterocycles. The molecule has 2 aliphatic rings. The minimum atomic E-state index is 0.531. The molecule has 0 fully saturated rings. The van der Waals surface area contributed by atoms with Crippen LogP contribution in [0.15, 0.2) is 60.7 Å². The van der Waals surface area contributed by atoms with Gasteiger partial charge in [0.1, 0.15) is 0 Å². The molecule has 102 heavy (non-hydrogen) atoms. The first-order chi connectivity index (χ1) is 49.0. The number of H-pyrrole nitrogens is 2. The van der Waals surface area contributed by atoms with Gasteiger partial charge in [0.05, 0.1) is 62.4 Å². The highest BCUT2D eigenvalue weighted by atomic mass is 16.5. The lowest BCUT2D eigenvalue weighted by Gasteiger charge is -2.21. The Balaban J connectivity index is 1.36. The Labute approximate surface area is 620 Å². The van der Waals surface area contributed by atoms with Gasteiger partial charge in [-0.2, -0.15) is 0 Å². The van der Waals surface area contributed by atoms with Crippen LogP contribution in [-0.4, -0.2) is 59.6 Å². The molecule has 8 bridgehead atoms. The smallest absolute Gasteiger partial charge is 0.203 e. The summed E-state index contributed by atoms with van der Waals surface area (Å²) in [5.74, 6) is 11.7. The number of ether oxygens (including phenoxy) is 6. The van der Waals surface area contributed by atoms with Crippen LogP contribution >= 0.6 is 0 Å². The van der Waals surface area contributed by atoms with E-state index in [0.29, 0.717) is 145 Å². The van der Waals surface area contributed by atoms with Crippen LogP contribution < -0.4 is 28.4 Å². The summed E-state index contributed by atoms with van der Waals surface area (Å²) in [7, 11) is 0. The molecule has 0 unspecified atom stereocenters. The molecule has 2 aliphatic heterocycles. The maximum absolute atomic E-state index is 7.05. The van der Waals surface area contributed by atoms with Crippen LogP contribution in [-0.2, 0) is 0 Å². The van der Waals surface area contributed by atoms with Crippen molar-refractivity contribution in [2.24, 2.45) is 71.0 Å². The molecule has 5 aromatic rings. The topological polar surface area (TPSA) is 113 Å². The molecular formula is C92H142N4O6. The largest absolute Gasteiger partial charge is 0.490 e. The summed E-state index contributed by atoms with van der Waals surface area (Å²) in [6.45, 7) is 45.6. The second-order valence-corrected chi connectivity index (χ2v) is 34.2. The number of nitrogens with zero attached hydrogens (tertiary/aromatic N) is 2. The first-order valence-electron chi connectivity index (χ1n) is 41.2. The van der Waals surface area contributed by atoms with Crippen LogP contribution in [0.2, 0.25) is 0 Å². The van der Waals surface area contributed by atoms with Crippen molar-refractivity contribution in [3.63, 3.8) is 0 Å². The zero-order chi connectivity index (χ0) is 73.5. The van der Waals surface area contributed by atoms with E-state index in [0.717, 1.165) is 106 Å².